The highest BCUT2D eigenvalue weighted by atomic mass is 127. The van der Waals surface area contributed by atoms with Gasteiger partial charge in [-0.05, 0) is 36.8 Å². The lowest BCUT2D eigenvalue weighted by Crippen LogP contribution is -2.53. The second-order valence-corrected chi connectivity index (χ2v) is 6.63. The molecule has 0 bridgehead atoms. The van der Waals surface area contributed by atoms with Crippen LogP contribution in [-0.2, 0) is 11.3 Å². The molecule has 2 heterocycles. The minimum atomic E-state index is -0.313. The Morgan fingerprint density at radius 1 is 1.13 bits per heavy atom. The van der Waals surface area contributed by atoms with Crippen molar-refractivity contribution in [3.8, 4) is 11.6 Å². The number of amides is 1. The predicted octanol–water partition coefficient (Wildman–Crippen LogP) is 3.48. The molecular formula is C21H27FIN5O3. The predicted molar refractivity (Wildman–Crippen MR) is 126 cm³/mol. The lowest BCUT2D eigenvalue weighted by molar-refractivity contribution is 0.0914. The standard InChI is InChI=1S/C21H26FN5O3.HI/c1-3-29-21(28)27-12-10-26(11-13-27)20(23-2)25-15-16-4-9-19(24-14-16)30-18-7-5-17(22)6-8-18;/h4-9,14H,3,10-13,15H2,1-2H3,(H,23,25);1H. The fourth-order valence-corrected chi connectivity index (χ4v) is 3.03. The Bertz CT molecular complexity index is 856. The third-order valence-electron chi connectivity index (χ3n) is 4.60. The molecule has 31 heavy (non-hydrogen) atoms. The number of carbonyl (C=O) groups is 1. The molecule has 0 unspecified atom stereocenters. The van der Waals surface area contributed by atoms with Crippen molar-refractivity contribution in [3.63, 3.8) is 0 Å². The number of benzene rings is 1. The molecule has 1 aromatic heterocycles. The summed E-state index contributed by atoms with van der Waals surface area (Å²) in [6.45, 7) is 5.28. The van der Waals surface area contributed by atoms with Crippen molar-refractivity contribution >= 4 is 36.0 Å². The Labute approximate surface area is 198 Å². The molecule has 0 radical (unpaired) electrons. The zero-order valence-electron chi connectivity index (χ0n) is 17.6. The van der Waals surface area contributed by atoms with E-state index in [1.165, 1.54) is 12.1 Å². The summed E-state index contributed by atoms with van der Waals surface area (Å²) in [5.74, 6) is 1.42. The van der Waals surface area contributed by atoms with Gasteiger partial charge in [-0.1, -0.05) is 6.07 Å². The molecule has 1 aliphatic heterocycles. The minimum absolute atomic E-state index is 0. The number of nitrogens with zero attached hydrogens (tertiary/aromatic N) is 4. The fourth-order valence-electron chi connectivity index (χ4n) is 3.03. The molecule has 0 atom stereocenters. The lowest BCUT2D eigenvalue weighted by Gasteiger charge is -2.35. The van der Waals surface area contributed by atoms with Crippen molar-refractivity contribution in [2.45, 2.75) is 13.5 Å². The van der Waals surface area contributed by atoms with E-state index in [4.69, 9.17) is 9.47 Å². The number of hydrogen-bond acceptors (Lipinski definition) is 5. The van der Waals surface area contributed by atoms with Gasteiger partial charge in [0.15, 0.2) is 5.96 Å². The number of pyridine rings is 1. The van der Waals surface area contributed by atoms with Crippen molar-refractivity contribution in [2.24, 2.45) is 4.99 Å². The van der Waals surface area contributed by atoms with Gasteiger partial charge in [0.2, 0.25) is 5.88 Å². The van der Waals surface area contributed by atoms with Crippen LogP contribution in [0.15, 0.2) is 47.6 Å². The summed E-state index contributed by atoms with van der Waals surface area (Å²) in [5.41, 5.74) is 0.966. The molecule has 1 N–H and O–H groups in total. The quantitative estimate of drug-likeness (QED) is 0.354. The van der Waals surface area contributed by atoms with E-state index in [1.807, 2.05) is 6.07 Å². The smallest absolute Gasteiger partial charge is 0.409 e. The van der Waals surface area contributed by atoms with Gasteiger partial charge in [0.05, 0.1) is 6.61 Å². The second-order valence-electron chi connectivity index (χ2n) is 6.63. The lowest BCUT2D eigenvalue weighted by atomic mass is 10.3. The first-order valence-corrected chi connectivity index (χ1v) is 9.84. The summed E-state index contributed by atoms with van der Waals surface area (Å²) < 4.78 is 23.6. The van der Waals surface area contributed by atoms with Gasteiger partial charge in [-0.2, -0.15) is 0 Å². The SMILES string of the molecule is CCOC(=O)N1CCN(C(=NC)NCc2ccc(Oc3ccc(F)cc3)nc2)CC1.I. The Hall–Kier alpha value is -2.63. The Morgan fingerprint density at radius 2 is 1.81 bits per heavy atom. The maximum absolute atomic E-state index is 13.0. The van der Waals surface area contributed by atoms with Crippen LogP contribution in [0.25, 0.3) is 0 Å². The molecule has 0 aliphatic carbocycles. The number of rotatable bonds is 5. The van der Waals surface area contributed by atoms with E-state index in [0.717, 1.165) is 11.5 Å². The van der Waals surface area contributed by atoms with Crippen LogP contribution in [0.4, 0.5) is 9.18 Å². The maximum atomic E-state index is 13.0. The molecule has 0 saturated carbocycles. The summed E-state index contributed by atoms with van der Waals surface area (Å²) in [6, 6.07) is 9.46. The number of aliphatic imine (C=N–C) groups is 1. The summed E-state index contributed by atoms with van der Waals surface area (Å²) >= 11 is 0. The van der Waals surface area contributed by atoms with Crippen molar-refractivity contribution < 1.29 is 18.7 Å². The van der Waals surface area contributed by atoms with E-state index in [0.29, 0.717) is 51.0 Å². The van der Waals surface area contributed by atoms with Crippen molar-refractivity contribution in [3.05, 3.63) is 54.0 Å². The molecule has 3 rings (SSSR count). The van der Waals surface area contributed by atoms with Crippen LogP contribution >= 0.6 is 24.0 Å². The summed E-state index contributed by atoms with van der Waals surface area (Å²) in [7, 11) is 1.73. The van der Waals surface area contributed by atoms with Gasteiger partial charge in [-0.15, -0.1) is 24.0 Å². The van der Waals surface area contributed by atoms with Gasteiger partial charge >= 0.3 is 6.09 Å². The largest absolute Gasteiger partial charge is 0.450 e. The molecule has 1 aromatic carbocycles. The first-order valence-electron chi connectivity index (χ1n) is 9.84. The number of ether oxygens (including phenoxy) is 2. The first-order chi connectivity index (χ1) is 14.6. The molecular weight excluding hydrogens is 516 g/mol. The van der Waals surface area contributed by atoms with E-state index >= 15 is 0 Å². The normalized spacial score (nSPS) is 14.0. The number of piperazine rings is 1. The Kier molecular flexibility index (Phi) is 9.76. The maximum Gasteiger partial charge on any atom is 0.409 e. The van der Waals surface area contributed by atoms with Gasteiger partial charge < -0.3 is 24.6 Å². The highest BCUT2D eigenvalue weighted by Gasteiger charge is 2.23. The fraction of sp³-hybridized carbons (Fsp3) is 0.381. The van der Waals surface area contributed by atoms with Gasteiger partial charge in [0, 0.05) is 52.0 Å². The first kappa shape index (κ1) is 24.6. The highest BCUT2D eigenvalue weighted by molar-refractivity contribution is 14.0. The van der Waals surface area contributed by atoms with Crippen molar-refractivity contribution in [2.75, 3.05) is 39.8 Å². The van der Waals surface area contributed by atoms with Gasteiger partial charge in [0.1, 0.15) is 11.6 Å². The molecule has 10 heteroatoms. The third-order valence-corrected chi connectivity index (χ3v) is 4.60. The summed E-state index contributed by atoms with van der Waals surface area (Å²) in [5, 5.41) is 3.32. The molecule has 8 nitrogen and oxygen atoms in total. The van der Waals surface area contributed by atoms with Crippen LogP contribution in [0.1, 0.15) is 12.5 Å². The van der Waals surface area contributed by atoms with Crippen LogP contribution in [0.2, 0.25) is 0 Å². The Balaban J connectivity index is 0.00000341. The summed E-state index contributed by atoms with van der Waals surface area (Å²) in [6.07, 6.45) is 1.45. The van der Waals surface area contributed by atoms with E-state index in [9.17, 15) is 9.18 Å². The molecule has 2 aromatic rings. The number of nitrogens with one attached hydrogen (secondary N) is 1. The third kappa shape index (κ3) is 7.23. The van der Waals surface area contributed by atoms with Crippen LogP contribution < -0.4 is 10.1 Å². The molecule has 168 valence electrons. The van der Waals surface area contributed by atoms with Gasteiger partial charge in [-0.3, -0.25) is 4.99 Å². The number of hydrogen-bond donors (Lipinski definition) is 1. The molecule has 0 spiro atoms. The van der Waals surface area contributed by atoms with Crippen LogP contribution in [0.5, 0.6) is 11.6 Å². The molecule has 1 aliphatic rings. The zero-order chi connectivity index (χ0) is 21.3. The van der Waals surface area contributed by atoms with Gasteiger partial charge in [0.25, 0.3) is 0 Å². The molecule has 1 saturated heterocycles. The van der Waals surface area contributed by atoms with E-state index < -0.39 is 0 Å². The number of halogens is 2. The van der Waals surface area contributed by atoms with Crippen LogP contribution in [-0.4, -0.2) is 66.7 Å². The second kappa shape index (κ2) is 12.3. The zero-order valence-corrected chi connectivity index (χ0v) is 19.9. The molecule has 1 fully saturated rings. The highest BCUT2D eigenvalue weighted by Crippen LogP contribution is 2.19. The van der Waals surface area contributed by atoms with E-state index in [2.05, 4.69) is 20.2 Å². The number of aromatic nitrogens is 1. The summed E-state index contributed by atoms with van der Waals surface area (Å²) in [4.78, 5) is 24.3. The minimum Gasteiger partial charge on any atom is -0.450 e. The van der Waals surface area contributed by atoms with Gasteiger partial charge in [-0.25, -0.2) is 14.2 Å². The van der Waals surface area contributed by atoms with Crippen LogP contribution in [0, 0.1) is 5.82 Å². The molecule has 1 amide bonds. The van der Waals surface area contributed by atoms with E-state index in [1.54, 1.807) is 43.3 Å². The average Bonchev–Trinajstić information content (AvgIpc) is 2.77. The number of carbonyl (C=O) groups excluding carboxylic acids is 1. The topological polar surface area (TPSA) is 79.3 Å². The number of guanidine groups is 1. The average molecular weight is 543 g/mol. The Morgan fingerprint density at radius 3 is 2.39 bits per heavy atom. The van der Waals surface area contributed by atoms with Crippen molar-refractivity contribution in [1.82, 2.24) is 20.1 Å². The van der Waals surface area contributed by atoms with E-state index in [-0.39, 0.29) is 35.9 Å². The van der Waals surface area contributed by atoms with Crippen molar-refractivity contribution in [1.29, 1.82) is 0 Å². The monoisotopic (exact) mass is 543 g/mol. The van der Waals surface area contributed by atoms with Crippen LogP contribution in [0.3, 0.4) is 0 Å².